The Balaban J connectivity index is 1.88. The van der Waals surface area contributed by atoms with Gasteiger partial charge < -0.3 is 10.0 Å². The fourth-order valence-electron chi connectivity index (χ4n) is 2.70. The van der Waals surface area contributed by atoms with Crippen LogP contribution in [0.25, 0.3) is 0 Å². The smallest absolute Gasteiger partial charge is 0.219 e. The van der Waals surface area contributed by atoms with Gasteiger partial charge >= 0.3 is 0 Å². The minimum atomic E-state index is 0.197. The van der Waals surface area contributed by atoms with Crippen LogP contribution in [0.2, 0.25) is 0 Å². The summed E-state index contributed by atoms with van der Waals surface area (Å²) in [6, 6.07) is 1.05. The van der Waals surface area contributed by atoms with E-state index in [0.717, 1.165) is 32.5 Å². The van der Waals surface area contributed by atoms with Gasteiger partial charge in [0, 0.05) is 38.6 Å². The lowest BCUT2D eigenvalue weighted by atomic mass is 10.2. The Morgan fingerprint density at radius 1 is 1.44 bits per heavy atom. The minimum absolute atomic E-state index is 0.197. The molecule has 0 aromatic carbocycles. The lowest BCUT2D eigenvalue weighted by Crippen LogP contribution is -2.44. The van der Waals surface area contributed by atoms with Gasteiger partial charge in [-0.25, -0.2) is 0 Å². The number of aliphatic hydroxyl groups excluding tert-OH is 1. The Bertz CT molecular complexity index is 253. The molecule has 2 fully saturated rings. The molecule has 2 aliphatic rings. The van der Waals surface area contributed by atoms with Crippen LogP contribution in [0.4, 0.5) is 0 Å². The zero-order valence-electron chi connectivity index (χ0n) is 10.1. The first-order valence-electron chi connectivity index (χ1n) is 6.34. The largest absolute Gasteiger partial charge is 0.395 e. The van der Waals surface area contributed by atoms with E-state index in [-0.39, 0.29) is 12.5 Å². The van der Waals surface area contributed by atoms with Gasteiger partial charge in [0.15, 0.2) is 0 Å². The lowest BCUT2D eigenvalue weighted by molar-refractivity contribution is -0.130. The lowest BCUT2D eigenvalue weighted by Gasteiger charge is -2.30. The van der Waals surface area contributed by atoms with Crippen LogP contribution in [-0.4, -0.2) is 59.1 Å². The summed E-state index contributed by atoms with van der Waals surface area (Å²) in [6.45, 7) is 4.50. The molecule has 0 aromatic heterocycles. The van der Waals surface area contributed by atoms with Crippen molar-refractivity contribution in [3.63, 3.8) is 0 Å². The first kappa shape index (κ1) is 11.9. The molecule has 0 aromatic rings. The third-order valence-corrected chi connectivity index (χ3v) is 3.68. The summed E-state index contributed by atoms with van der Waals surface area (Å²) in [5, 5.41) is 9.04. The number of carbonyl (C=O) groups is 1. The van der Waals surface area contributed by atoms with Gasteiger partial charge in [-0.2, -0.15) is 0 Å². The summed E-state index contributed by atoms with van der Waals surface area (Å²) >= 11 is 0. The molecule has 1 amide bonds. The van der Waals surface area contributed by atoms with E-state index in [0.29, 0.717) is 12.1 Å². The highest BCUT2D eigenvalue weighted by atomic mass is 16.3. The molecular weight excluding hydrogens is 204 g/mol. The number of aliphatic hydroxyl groups is 1. The predicted molar refractivity (Wildman–Crippen MR) is 62.1 cm³/mol. The van der Waals surface area contributed by atoms with Gasteiger partial charge in [-0.3, -0.25) is 9.69 Å². The molecule has 1 saturated heterocycles. The van der Waals surface area contributed by atoms with Crippen LogP contribution in [0.5, 0.6) is 0 Å². The SMILES string of the molecule is CC(=O)N1CCCC1CN(CCO)C1CC1. The van der Waals surface area contributed by atoms with Crippen LogP contribution in [0.1, 0.15) is 32.6 Å². The van der Waals surface area contributed by atoms with Gasteiger partial charge in [0.2, 0.25) is 5.91 Å². The predicted octanol–water partition coefficient (Wildman–Crippen LogP) is 0.454. The molecule has 1 N–H and O–H groups in total. The molecule has 4 nitrogen and oxygen atoms in total. The van der Waals surface area contributed by atoms with Crippen LogP contribution in [-0.2, 0) is 4.79 Å². The van der Waals surface area contributed by atoms with Gasteiger partial charge in [-0.1, -0.05) is 0 Å². The molecule has 1 saturated carbocycles. The fraction of sp³-hybridized carbons (Fsp3) is 0.917. The van der Waals surface area contributed by atoms with Crippen molar-refractivity contribution in [1.29, 1.82) is 0 Å². The molecule has 2 rings (SSSR count). The molecular formula is C12H22N2O2. The van der Waals surface area contributed by atoms with Crippen LogP contribution >= 0.6 is 0 Å². The van der Waals surface area contributed by atoms with Crippen LogP contribution in [0, 0.1) is 0 Å². The van der Waals surface area contributed by atoms with Gasteiger partial charge in [-0.15, -0.1) is 0 Å². The molecule has 1 aliphatic heterocycles. The molecule has 92 valence electrons. The highest BCUT2D eigenvalue weighted by molar-refractivity contribution is 5.73. The number of hydrogen-bond acceptors (Lipinski definition) is 3. The summed E-state index contributed by atoms with van der Waals surface area (Å²) in [5.74, 6) is 0.197. The van der Waals surface area contributed by atoms with E-state index in [1.165, 1.54) is 12.8 Å². The van der Waals surface area contributed by atoms with Crippen LogP contribution in [0.15, 0.2) is 0 Å². The average molecular weight is 226 g/mol. The minimum Gasteiger partial charge on any atom is -0.395 e. The molecule has 1 heterocycles. The fourth-order valence-corrected chi connectivity index (χ4v) is 2.70. The normalized spacial score (nSPS) is 25.4. The Hall–Kier alpha value is -0.610. The van der Waals surface area contributed by atoms with Crippen molar-refractivity contribution in [2.45, 2.75) is 44.7 Å². The van der Waals surface area contributed by atoms with E-state index in [1.807, 2.05) is 4.90 Å². The monoisotopic (exact) mass is 226 g/mol. The van der Waals surface area contributed by atoms with E-state index in [1.54, 1.807) is 6.92 Å². The Labute approximate surface area is 97.2 Å². The number of hydrogen-bond donors (Lipinski definition) is 1. The molecule has 4 heteroatoms. The van der Waals surface area contributed by atoms with E-state index < -0.39 is 0 Å². The summed E-state index contributed by atoms with van der Waals surface area (Å²) < 4.78 is 0. The molecule has 0 bridgehead atoms. The maximum atomic E-state index is 11.4. The highest BCUT2D eigenvalue weighted by Gasteiger charge is 2.34. The van der Waals surface area contributed by atoms with Crippen molar-refractivity contribution in [3.8, 4) is 0 Å². The van der Waals surface area contributed by atoms with E-state index in [2.05, 4.69) is 4.90 Å². The maximum absolute atomic E-state index is 11.4. The molecule has 1 aliphatic carbocycles. The van der Waals surface area contributed by atoms with Crippen molar-refractivity contribution in [3.05, 3.63) is 0 Å². The second-order valence-corrected chi connectivity index (χ2v) is 4.96. The van der Waals surface area contributed by atoms with Gasteiger partial charge in [0.05, 0.1) is 6.61 Å². The van der Waals surface area contributed by atoms with Crippen molar-refractivity contribution in [1.82, 2.24) is 9.80 Å². The second-order valence-electron chi connectivity index (χ2n) is 4.96. The Kier molecular flexibility index (Phi) is 3.82. The molecule has 0 spiro atoms. The number of amides is 1. The van der Waals surface area contributed by atoms with Crippen molar-refractivity contribution < 1.29 is 9.90 Å². The summed E-state index contributed by atoms with van der Waals surface area (Å²) in [5.41, 5.74) is 0. The summed E-state index contributed by atoms with van der Waals surface area (Å²) in [6.07, 6.45) is 4.76. The number of rotatable bonds is 5. The first-order chi connectivity index (χ1) is 7.72. The molecule has 1 atom stereocenters. The second kappa shape index (κ2) is 5.15. The summed E-state index contributed by atoms with van der Waals surface area (Å²) in [7, 11) is 0. The zero-order chi connectivity index (χ0) is 11.5. The number of carbonyl (C=O) groups excluding carboxylic acids is 1. The number of likely N-dealkylation sites (tertiary alicyclic amines) is 1. The maximum Gasteiger partial charge on any atom is 0.219 e. The third kappa shape index (κ3) is 2.74. The topological polar surface area (TPSA) is 43.8 Å². The third-order valence-electron chi connectivity index (χ3n) is 3.68. The van der Waals surface area contributed by atoms with Crippen molar-refractivity contribution >= 4 is 5.91 Å². The van der Waals surface area contributed by atoms with Crippen LogP contribution in [0.3, 0.4) is 0 Å². The molecule has 0 radical (unpaired) electrons. The van der Waals surface area contributed by atoms with E-state index in [9.17, 15) is 4.79 Å². The quantitative estimate of drug-likeness (QED) is 0.740. The number of nitrogens with zero attached hydrogens (tertiary/aromatic N) is 2. The van der Waals surface area contributed by atoms with E-state index >= 15 is 0 Å². The summed E-state index contributed by atoms with van der Waals surface area (Å²) in [4.78, 5) is 15.8. The van der Waals surface area contributed by atoms with Gasteiger partial charge in [0.25, 0.3) is 0 Å². The Morgan fingerprint density at radius 3 is 2.75 bits per heavy atom. The highest BCUT2D eigenvalue weighted by Crippen LogP contribution is 2.28. The zero-order valence-corrected chi connectivity index (χ0v) is 10.1. The average Bonchev–Trinajstić information content (AvgIpc) is 2.98. The van der Waals surface area contributed by atoms with E-state index in [4.69, 9.17) is 5.11 Å². The van der Waals surface area contributed by atoms with Crippen molar-refractivity contribution in [2.75, 3.05) is 26.2 Å². The molecule has 1 unspecified atom stereocenters. The first-order valence-corrected chi connectivity index (χ1v) is 6.34. The van der Waals surface area contributed by atoms with Gasteiger partial charge in [-0.05, 0) is 25.7 Å². The molecule has 16 heavy (non-hydrogen) atoms. The Morgan fingerprint density at radius 2 is 2.19 bits per heavy atom. The standard InChI is InChI=1S/C12H22N2O2/c1-10(16)14-6-2-3-12(14)9-13(7-8-15)11-4-5-11/h11-12,15H,2-9H2,1H3. The van der Waals surface area contributed by atoms with Crippen LogP contribution < -0.4 is 0 Å². The van der Waals surface area contributed by atoms with Gasteiger partial charge in [0.1, 0.15) is 0 Å². The van der Waals surface area contributed by atoms with Crippen molar-refractivity contribution in [2.24, 2.45) is 0 Å².